The van der Waals surface area contributed by atoms with Crippen LogP contribution in [-0.4, -0.2) is 84.1 Å². The fourth-order valence-electron chi connectivity index (χ4n) is 2.18. The maximum Gasteiger partial charge on any atom is 0.214 e. The lowest BCUT2D eigenvalue weighted by Crippen LogP contribution is -2.42. The van der Waals surface area contributed by atoms with Crippen LogP contribution in [0.4, 0.5) is 0 Å². The molecule has 0 aromatic heterocycles. The number of rotatable bonds is 11. The van der Waals surface area contributed by atoms with Crippen molar-refractivity contribution < 1.29 is 17.9 Å². The van der Waals surface area contributed by atoms with Gasteiger partial charge in [0.2, 0.25) is 10.0 Å². The minimum absolute atomic E-state index is 0. The first-order valence-electron chi connectivity index (χ1n) is 8.17. The molecule has 8 nitrogen and oxygen atoms in total. The molecule has 24 heavy (non-hydrogen) atoms. The third-order valence-corrected chi connectivity index (χ3v) is 5.31. The summed E-state index contributed by atoms with van der Waals surface area (Å²) >= 11 is 0. The summed E-state index contributed by atoms with van der Waals surface area (Å²) in [5, 5.41) is 6.32. The van der Waals surface area contributed by atoms with Gasteiger partial charge in [0.25, 0.3) is 0 Å². The van der Waals surface area contributed by atoms with Gasteiger partial charge in [-0.05, 0) is 19.8 Å². The van der Waals surface area contributed by atoms with Gasteiger partial charge in [-0.2, -0.15) is 0 Å². The summed E-state index contributed by atoms with van der Waals surface area (Å²) in [6.45, 7) is 6.92. The molecule has 1 fully saturated rings. The normalized spacial score (nSPS) is 17.5. The molecule has 0 radical (unpaired) electrons. The minimum atomic E-state index is -3.02. The van der Waals surface area contributed by atoms with Crippen molar-refractivity contribution in [3.05, 3.63) is 0 Å². The standard InChI is InChI=1S/C14H30N4O4S.HI/c1-3-15-14(16-6-4-10-22-12-11-21-2)17-7-9-18-8-5-13-23(18,19)20;/h3-13H2,1-2H3,(H2,15,16,17);1H. The zero-order chi connectivity index (χ0) is 17.0. The van der Waals surface area contributed by atoms with E-state index in [2.05, 4.69) is 15.6 Å². The van der Waals surface area contributed by atoms with Crippen molar-refractivity contribution in [1.29, 1.82) is 0 Å². The smallest absolute Gasteiger partial charge is 0.214 e. The van der Waals surface area contributed by atoms with Gasteiger partial charge < -0.3 is 20.1 Å². The predicted molar refractivity (Wildman–Crippen MR) is 107 cm³/mol. The quantitative estimate of drug-likeness (QED) is 0.192. The second-order valence-corrected chi connectivity index (χ2v) is 7.30. The Bertz CT molecular complexity index is 448. The molecule has 0 amide bonds. The first-order valence-corrected chi connectivity index (χ1v) is 9.77. The number of nitrogens with one attached hydrogen (secondary N) is 2. The fourth-order valence-corrected chi connectivity index (χ4v) is 3.71. The van der Waals surface area contributed by atoms with Crippen molar-refractivity contribution >= 4 is 40.0 Å². The van der Waals surface area contributed by atoms with Gasteiger partial charge in [0.15, 0.2) is 5.96 Å². The Labute approximate surface area is 162 Å². The lowest BCUT2D eigenvalue weighted by atomic mass is 10.4. The fraction of sp³-hybridized carbons (Fsp3) is 0.929. The molecule has 1 rings (SSSR count). The van der Waals surface area contributed by atoms with Crippen LogP contribution in [-0.2, 0) is 19.5 Å². The Morgan fingerprint density at radius 2 is 2.04 bits per heavy atom. The number of guanidine groups is 1. The Kier molecular flexibility index (Phi) is 13.9. The molecule has 2 N–H and O–H groups in total. The van der Waals surface area contributed by atoms with Crippen LogP contribution in [0.25, 0.3) is 0 Å². The Balaban J connectivity index is 0.00000529. The average Bonchev–Trinajstić information content (AvgIpc) is 2.85. The largest absolute Gasteiger partial charge is 0.382 e. The van der Waals surface area contributed by atoms with E-state index in [0.717, 1.165) is 19.4 Å². The number of ether oxygens (including phenoxy) is 2. The monoisotopic (exact) mass is 478 g/mol. The summed E-state index contributed by atoms with van der Waals surface area (Å²) in [5.74, 6) is 0.977. The summed E-state index contributed by atoms with van der Waals surface area (Å²) < 4.78 is 35.2. The van der Waals surface area contributed by atoms with E-state index in [1.807, 2.05) is 6.92 Å². The van der Waals surface area contributed by atoms with Crippen molar-refractivity contribution in [3.63, 3.8) is 0 Å². The highest BCUT2D eigenvalue weighted by Gasteiger charge is 2.27. The first-order chi connectivity index (χ1) is 11.1. The molecule has 0 aromatic carbocycles. The van der Waals surface area contributed by atoms with Gasteiger partial charge >= 0.3 is 0 Å². The van der Waals surface area contributed by atoms with Crippen molar-refractivity contribution in [2.75, 3.05) is 65.4 Å². The van der Waals surface area contributed by atoms with Crippen LogP contribution in [0.1, 0.15) is 19.8 Å². The molecule has 0 spiro atoms. The molecule has 0 bridgehead atoms. The number of halogens is 1. The van der Waals surface area contributed by atoms with E-state index < -0.39 is 10.0 Å². The van der Waals surface area contributed by atoms with Gasteiger partial charge in [0.1, 0.15) is 0 Å². The van der Waals surface area contributed by atoms with E-state index >= 15 is 0 Å². The summed E-state index contributed by atoms with van der Waals surface area (Å²) in [5.41, 5.74) is 0. The van der Waals surface area contributed by atoms with Crippen LogP contribution in [0.2, 0.25) is 0 Å². The Morgan fingerprint density at radius 1 is 1.25 bits per heavy atom. The van der Waals surface area contributed by atoms with Gasteiger partial charge in [-0.15, -0.1) is 24.0 Å². The molecule has 0 aromatic rings. The highest BCUT2D eigenvalue weighted by Crippen LogP contribution is 2.11. The molecule has 0 saturated carbocycles. The van der Waals surface area contributed by atoms with Crippen molar-refractivity contribution in [3.8, 4) is 0 Å². The third-order valence-electron chi connectivity index (χ3n) is 3.35. The molecule has 1 aliphatic heterocycles. The molecule has 1 aliphatic rings. The van der Waals surface area contributed by atoms with Crippen molar-refractivity contribution in [2.24, 2.45) is 4.99 Å². The lowest BCUT2D eigenvalue weighted by molar-refractivity contribution is 0.0702. The Morgan fingerprint density at radius 3 is 2.67 bits per heavy atom. The number of hydrogen-bond acceptors (Lipinski definition) is 5. The van der Waals surface area contributed by atoms with Gasteiger partial charge in [0.05, 0.1) is 19.0 Å². The molecule has 0 unspecified atom stereocenters. The zero-order valence-electron chi connectivity index (χ0n) is 14.6. The van der Waals surface area contributed by atoms with E-state index in [4.69, 9.17) is 9.47 Å². The van der Waals surface area contributed by atoms with Gasteiger partial charge in [-0.3, -0.25) is 4.99 Å². The maximum atomic E-state index is 11.7. The number of nitrogens with zero attached hydrogens (tertiary/aromatic N) is 2. The SMILES string of the molecule is CCNC(=NCCCOCCOC)NCCN1CCCS1(=O)=O.I. The summed E-state index contributed by atoms with van der Waals surface area (Å²) in [7, 11) is -1.37. The van der Waals surface area contributed by atoms with E-state index in [9.17, 15) is 8.42 Å². The molecule has 1 saturated heterocycles. The zero-order valence-corrected chi connectivity index (χ0v) is 17.8. The van der Waals surface area contributed by atoms with Gasteiger partial charge in [-0.1, -0.05) is 0 Å². The number of hydrogen-bond donors (Lipinski definition) is 2. The van der Waals surface area contributed by atoms with Gasteiger partial charge in [0, 0.05) is 46.4 Å². The predicted octanol–water partition coefficient (Wildman–Crippen LogP) is 0.248. The highest BCUT2D eigenvalue weighted by atomic mass is 127. The molecule has 10 heteroatoms. The number of methoxy groups -OCH3 is 1. The van der Waals surface area contributed by atoms with Crippen molar-refractivity contribution in [1.82, 2.24) is 14.9 Å². The second kappa shape index (κ2) is 14.0. The molecular formula is C14H31IN4O4S. The van der Waals surface area contributed by atoms with Crippen LogP contribution in [0.5, 0.6) is 0 Å². The second-order valence-electron chi connectivity index (χ2n) is 5.21. The minimum Gasteiger partial charge on any atom is -0.382 e. The highest BCUT2D eigenvalue weighted by molar-refractivity contribution is 14.0. The van der Waals surface area contributed by atoms with Crippen LogP contribution < -0.4 is 10.6 Å². The van der Waals surface area contributed by atoms with E-state index in [1.54, 1.807) is 7.11 Å². The Hall–Kier alpha value is -0.170. The number of aliphatic imine (C=N–C) groups is 1. The number of sulfonamides is 1. The maximum absolute atomic E-state index is 11.7. The van der Waals surface area contributed by atoms with E-state index in [0.29, 0.717) is 52.0 Å². The van der Waals surface area contributed by atoms with Crippen LogP contribution in [0.15, 0.2) is 4.99 Å². The summed E-state index contributed by atoms with van der Waals surface area (Å²) in [6, 6.07) is 0. The average molecular weight is 478 g/mol. The molecule has 144 valence electrons. The van der Waals surface area contributed by atoms with E-state index in [1.165, 1.54) is 4.31 Å². The van der Waals surface area contributed by atoms with Crippen LogP contribution >= 0.6 is 24.0 Å². The molecule has 0 aliphatic carbocycles. The molecular weight excluding hydrogens is 447 g/mol. The summed E-state index contributed by atoms with van der Waals surface area (Å²) in [6.07, 6.45) is 1.56. The van der Waals surface area contributed by atoms with Gasteiger partial charge in [-0.25, -0.2) is 12.7 Å². The first kappa shape index (κ1) is 23.8. The lowest BCUT2D eigenvalue weighted by Gasteiger charge is -2.16. The molecule has 0 atom stereocenters. The van der Waals surface area contributed by atoms with Crippen molar-refractivity contribution in [2.45, 2.75) is 19.8 Å². The van der Waals surface area contributed by atoms with Crippen LogP contribution in [0.3, 0.4) is 0 Å². The molecule has 1 heterocycles. The summed E-state index contributed by atoms with van der Waals surface area (Å²) in [4.78, 5) is 4.45. The van der Waals surface area contributed by atoms with E-state index in [-0.39, 0.29) is 29.7 Å². The topological polar surface area (TPSA) is 92.3 Å². The van der Waals surface area contributed by atoms with Crippen LogP contribution in [0, 0.1) is 0 Å². The third kappa shape index (κ3) is 9.97.